The van der Waals surface area contributed by atoms with Gasteiger partial charge in [-0.2, -0.15) is 4.31 Å². The molecule has 3 rings (SSSR count). The number of hydrogen-bond acceptors (Lipinski definition) is 5. The molecule has 2 aliphatic rings. The van der Waals surface area contributed by atoms with Crippen molar-refractivity contribution in [3.8, 4) is 0 Å². The van der Waals surface area contributed by atoms with E-state index in [4.69, 9.17) is 0 Å². The molecule has 0 aromatic heterocycles. The van der Waals surface area contributed by atoms with Crippen LogP contribution < -0.4 is 0 Å². The molecule has 1 amide bonds. The van der Waals surface area contributed by atoms with Crippen molar-refractivity contribution in [3.05, 3.63) is 24.3 Å². The van der Waals surface area contributed by atoms with Gasteiger partial charge in [0.2, 0.25) is 15.9 Å². The third-order valence-corrected chi connectivity index (χ3v) is 11.0. The summed E-state index contributed by atoms with van der Waals surface area (Å²) in [6.45, 7) is 3.78. The summed E-state index contributed by atoms with van der Waals surface area (Å²) in [5.74, 6) is -3.61. The highest BCUT2D eigenvalue weighted by Gasteiger charge is 2.39. The first-order chi connectivity index (χ1) is 15.4. The van der Waals surface area contributed by atoms with Gasteiger partial charge in [-0.1, -0.05) is 13.8 Å². The van der Waals surface area contributed by atoms with E-state index in [0.29, 0.717) is 25.7 Å². The maximum Gasteiger partial charge on any atom is 0.251 e. The summed E-state index contributed by atoms with van der Waals surface area (Å²) in [6.07, 6.45) is 1.18. The van der Waals surface area contributed by atoms with Crippen LogP contribution in [-0.4, -0.2) is 69.3 Å². The van der Waals surface area contributed by atoms with E-state index in [1.165, 1.54) is 33.5 Å². The second-order valence-electron chi connectivity index (χ2n) is 8.84. The van der Waals surface area contributed by atoms with E-state index in [0.717, 1.165) is 0 Å². The molecular weight excluding hydrogens is 474 g/mol. The second-order valence-corrected chi connectivity index (χ2v) is 13.0. The van der Waals surface area contributed by atoms with Crippen LogP contribution in [0.1, 0.15) is 52.4 Å². The van der Waals surface area contributed by atoms with Gasteiger partial charge in [-0.25, -0.2) is 25.6 Å². The fraction of sp³-hybridized carbons (Fsp3) is 0.682. The topological polar surface area (TPSA) is 91.8 Å². The van der Waals surface area contributed by atoms with Crippen molar-refractivity contribution >= 4 is 25.8 Å². The number of nitrogens with zero attached hydrogens (tertiary/aromatic N) is 2. The molecule has 0 unspecified atom stereocenters. The minimum atomic E-state index is -3.92. The predicted octanol–water partition coefficient (Wildman–Crippen LogP) is 3.31. The zero-order valence-electron chi connectivity index (χ0n) is 19.0. The predicted molar refractivity (Wildman–Crippen MR) is 120 cm³/mol. The number of benzene rings is 1. The van der Waals surface area contributed by atoms with E-state index in [1.807, 2.05) is 0 Å². The molecule has 2 heterocycles. The van der Waals surface area contributed by atoms with E-state index >= 15 is 0 Å². The Balaban J connectivity index is 1.73. The van der Waals surface area contributed by atoms with Crippen molar-refractivity contribution in [3.63, 3.8) is 0 Å². The summed E-state index contributed by atoms with van der Waals surface area (Å²) in [4.78, 5) is 14.3. The molecule has 0 saturated carbocycles. The maximum atomic E-state index is 13.4. The Hall–Kier alpha value is -1.59. The number of alkyl halides is 2. The Morgan fingerprint density at radius 2 is 1.55 bits per heavy atom. The van der Waals surface area contributed by atoms with Gasteiger partial charge in [-0.15, -0.1) is 0 Å². The third kappa shape index (κ3) is 5.57. The van der Waals surface area contributed by atoms with E-state index in [1.54, 1.807) is 13.8 Å². The van der Waals surface area contributed by atoms with Gasteiger partial charge in [0, 0.05) is 39.0 Å². The standard InChI is InChI=1S/C22H32F2N2O5S2/c1-3-18(4-2)32(28,29)19-7-9-20(10-8-19)33(30,31)26-13-5-6-17(16-26)21(27)25-14-11-22(23,24)12-15-25/h7-10,17-18H,3-6,11-16H2,1-2H3/t17-/m1/s1. The van der Waals surface area contributed by atoms with Crippen LogP contribution in [0.3, 0.4) is 0 Å². The summed E-state index contributed by atoms with van der Waals surface area (Å²) in [7, 11) is -7.46. The van der Waals surface area contributed by atoms with E-state index in [-0.39, 0.29) is 54.7 Å². The van der Waals surface area contributed by atoms with Crippen molar-refractivity contribution in [2.24, 2.45) is 5.92 Å². The second kappa shape index (κ2) is 9.95. The summed E-state index contributed by atoms with van der Waals surface area (Å²) < 4.78 is 79.9. The van der Waals surface area contributed by atoms with Crippen molar-refractivity contribution in [1.29, 1.82) is 0 Å². The monoisotopic (exact) mass is 506 g/mol. The van der Waals surface area contributed by atoms with E-state index < -0.39 is 37.0 Å². The highest BCUT2D eigenvalue weighted by molar-refractivity contribution is 7.92. The molecule has 1 aromatic rings. The highest BCUT2D eigenvalue weighted by atomic mass is 32.2. The van der Waals surface area contributed by atoms with Crippen LogP contribution in [0.4, 0.5) is 8.78 Å². The third-order valence-electron chi connectivity index (χ3n) is 6.68. The van der Waals surface area contributed by atoms with Crippen molar-refractivity contribution < 1.29 is 30.4 Å². The van der Waals surface area contributed by atoms with Gasteiger partial charge in [0.05, 0.1) is 21.0 Å². The minimum absolute atomic E-state index is 0.0121. The van der Waals surface area contributed by atoms with Gasteiger partial charge in [-0.05, 0) is 49.9 Å². The number of carbonyl (C=O) groups is 1. The fourth-order valence-electron chi connectivity index (χ4n) is 4.55. The molecule has 1 atom stereocenters. The molecule has 2 saturated heterocycles. The zero-order chi connectivity index (χ0) is 24.4. The number of piperidine rings is 2. The van der Waals surface area contributed by atoms with Gasteiger partial charge in [0.1, 0.15) is 0 Å². The van der Waals surface area contributed by atoms with Crippen LogP contribution in [0.5, 0.6) is 0 Å². The van der Waals surface area contributed by atoms with Crippen molar-refractivity contribution in [2.45, 2.75) is 73.3 Å². The van der Waals surface area contributed by atoms with Gasteiger partial charge < -0.3 is 4.90 Å². The molecule has 0 bridgehead atoms. The highest BCUT2D eigenvalue weighted by Crippen LogP contribution is 2.31. The lowest BCUT2D eigenvalue weighted by Crippen LogP contribution is -2.49. The average molecular weight is 507 g/mol. The first kappa shape index (κ1) is 26.0. The molecule has 186 valence electrons. The Kier molecular flexibility index (Phi) is 7.85. The van der Waals surface area contributed by atoms with Crippen LogP contribution in [0.2, 0.25) is 0 Å². The van der Waals surface area contributed by atoms with Gasteiger partial charge in [0.25, 0.3) is 5.92 Å². The number of sulfonamides is 1. The van der Waals surface area contributed by atoms with Crippen molar-refractivity contribution in [2.75, 3.05) is 26.2 Å². The normalized spacial score (nSPS) is 22.5. The summed E-state index contributed by atoms with van der Waals surface area (Å²) in [5, 5.41) is -0.524. The average Bonchev–Trinajstić information content (AvgIpc) is 2.79. The number of likely N-dealkylation sites (tertiary alicyclic amines) is 1. The Morgan fingerprint density at radius 3 is 2.09 bits per heavy atom. The summed E-state index contributed by atoms with van der Waals surface area (Å²) in [6, 6.07) is 5.23. The van der Waals surface area contributed by atoms with Crippen LogP contribution >= 0.6 is 0 Å². The van der Waals surface area contributed by atoms with Crippen LogP contribution in [0.15, 0.2) is 34.1 Å². The summed E-state index contributed by atoms with van der Waals surface area (Å²) in [5.41, 5.74) is 0. The number of sulfone groups is 1. The lowest BCUT2D eigenvalue weighted by molar-refractivity contribution is -0.142. The van der Waals surface area contributed by atoms with Gasteiger partial charge in [-0.3, -0.25) is 4.79 Å². The zero-order valence-corrected chi connectivity index (χ0v) is 20.7. The molecule has 2 aliphatic heterocycles. The maximum absolute atomic E-state index is 13.4. The van der Waals surface area contributed by atoms with Crippen LogP contribution in [-0.2, 0) is 24.7 Å². The molecule has 0 N–H and O–H groups in total. The largest absolute Gasteiger partial charge is 0.342 e. The lowest BCUT2D eigenvalue weighted by Gasteiger charge is -2.37. The molecular formula is C22H32F2N2O5S2. The van der Waals surface area contributed by atoms with E-state index in [9.17, 15) is 30.4 Å². The molecule has 0 radical (unpaired) electrons. The van der Waals surface area contributed by atoms with Crippen molar-refractivity contribution in [1.82, 2.24) is 9.21 Å². The Morgan fingerprint density at radius 1 is 1.00 bits per heavy atom. The minimum Gasteiger partial charge on any atom is -0.342 e. The first-order valence-electron chi connectivity index (χ1n) is 11.4. The molecule has 7 nitrogen and oxygen atoms in total. The van der Waals surface area contributed by atoms with Gasteiger partial charge >= 0.3 is 0 Å². The number of amides is 1. The molecule has 33 heavy (non-hydrogen) atoms. The molecule has 0 spiro atoms. The van der Waals surface area contributed by atoms with Crippen LogP contribution in [0, 0.1) is 5.92 Å². The van der Waals surface area contributed by atoms with E-state index in [2.05, 4.69) is 0 Å². The number of halogens is 2. The lowest BCUT2D eigenvalue weighted by atomic mass is 9.96. The Bertz CT molecular complexity index is 1040. The Labute approximate surface area is 195 Å². The van der Waals surface area contributed by atoms with Crippen LogP contribution in [0.25, 0.3) is 0 Å². The summed E-state index contributed by atoms with van der Waals surface area (Å²) >= 11 is 0. The number of carbonyl (C=O) groups excluding carboxylic acids is 1. The number of hydrogen-bond donors (Lipinski definition) is 0. The smallest absolute Gasteiger partial charge is 0.251 e. The first-order valence-corrected chi connectivity index (χ1v) is 14.4. The molecule has 11 heteroatoms. The molecule has 1 aromatic carbocycles. The number of rotatable bonds is 7. The van der Waals surface area contributed by atoms with Gasteiger partial charge in [0.15, 0.2) is 9.84 Å². The quantitative estimate of drug-likeness (QED) is 0.566. The molecule has 2 fully saturated rings. The fourth-order valence-corrected chi connectivity index (χ4v) is 7.85. The SMILES string of the molecule is CCC(CC)S(=O)(=O)c1ccc(S(=O)(=O)N2CCC[C@@H](C(=O)N3CCC(F)(F)CC3)C2)cc1. The molecule has 0 aliphatic carbocycles.